The van der Waals surface area contributed by atoms with Crippen LogP contribution in [0.2, 0.25) is 0 Å². The van der Waals surface area contributed by atoms with Gasteiger partial charge in [0.2, 0.25) is 0 Å². The third-order valence-electron chi connectivity index (χ3n) is 4.00. The molecular weight excluding hydrogens is 264 g/mol. The van der Waals surface area contributed by atoms with E-state index in [2.05, 4.69) is 39.1 Å². The average Bonchev–Trinajstić information content (AvgIpc) is 3.08. The molecule has 0 radical (unpaired) electrons. The normalized spacial score (nSPS) is 18.8. The van der Waals surface area contributed by atoms with Gasteiger partial charge in [0.05, 0.1) is 11.6 Å². The molecule has 0 spiro atoms. The summed E-state index contributed by atoms with van der Waals surface area (Å²) >= 11 is 0. The lowest BCUT2D eigenvalue weighted by molar-refractivity contribution is 0.538. The Kier molecular flexibility index (Phi) is 4.05. The molecule has 1 unspecified atom stereocenters. The van der Waals surface area contributed by atoms with E-state index in [-0.39, 0.29) is 0 Å². The van der Waals surface area contributed by atoms with E-state index in [4.69, 9.17) is 0 Å². The van der Waals surface area contributed by atoms with Crippen LogP contribution in [0.3, 0.4) is 0 Å². The first-order valence-corrected chi connectivity index (χ1v) is 7.76. The van der Waals surface area contributed by atoms with Crippen molar-refractivity contribution < 1.29 is 0 Å². The van der Waals surface area contributed by atoms with Crippen molar-refractivity contribution in [2.45, 2.75) is 32.7 Å². The number of anilines is 1. The molecule has 1 aliphatic heterocycles. The molecule has 0 saturated carbocycles. The molecule has 0 amide bonds. The van der Waals surface area contributed by atoms with Gasteiger partial charge in [0.15, 0.2) is 5.65 Å². The van der Waals surface area contributed by atoms with Crippen LogP contribution in [0, 0.1) is 5.92 Å². The third kappa shape index (κ3) is 3.00. The zero-order valence-corrected chi connectivity index (χ0v) is 13.1. The molecule has 21 heavy (non-hydrogen) atoms. The van der Waals surface area contributed by atoms with Crippen molar-refractivity contribution in [1.82, 2.24) is 25.1 Å². The van der Waals surface area contributed by atoms with Crippen LogP contribution in [-0.2, 0) is 7.05 Å². The Labute approximate surface area is 125 Å². The summed E-state index contributed by atoms with van der Waals surface area (Å²) in [5.41, 5.74) is 0.896. The second-order valence-corrected chi connectivity index (χ2v) is 6.29. The van der Waals surface area contributed by atoms with Gasteiger partial charge in [-0.15, -0.1) is 0 Å². The lowest BCUT2D eigenvalue weighted by atomic mass is 10.1. The molecule has 2 aromatic heterocycles. The van der Waals surface area contributed by atoms with Gasteiger partial charge in [0, 0.05) is 26.2 Å². The summed E-state index contributed by atoms with van der Waals surface area (Å²) in [7, 11) is 1.92. The fourth-order valence-corrected chi connectivity index (χ4v) is 3.07. The molecule has 6 nitrogen and oxygen atoms in total. The predicted molar refractivity (Wildman–Crippen MR) is 84.4 cm³/mol. The van der Waals surface area contributed by atoms with Crippen molar-refractivity contribution in [3.05, 3.63) is 12.5 Å². The highest BCUT2D eigenvalue weighted by atomic mass is 15.3. The first-order chi connectivity index (χ1) is 10.1. The summed E-state index contributed by atoms with van der Waals surface area (Å²) in [5, 5.41) is 8.94. The fourth-order valence-electron chi connectivity index (χ4n) is 3.07. The Balaban J connectivity index is 1.92. The third-order valence-corrected chi connectivity index (χ3v) is 4.00. The summed E-state index contributed by atoms with van der Waals surface area (Å²) in [6.45, 7) is 7.62. The Bertz CT molecular complexity index is 599. The van der Waals surface area contributed by atoms with E-state index in [1.165, 1.54) is 12.8 Å². The molecular formula is C15H24N6. The average molecular weight is 288 g/mol. The van der Waals surface area contributed by atoms with Crippen molar-refractivity contribution in [2.24, 2.45) is 13.0 Å². The Morgan fingerprint density at radius 1 is 1.43 bits per heavy atom. The standard InChI is InChI=1S/C15H24N6/c1-11(2)8-21(9-12-5-4-6-16-12)15-13-7-19-20(3)14(13)17-10-18-15/h7,10-12,16H,4-6,8-9H2,1-3H3. The SMILES string of the molecule is CC(C)CN(CC1CCCN1)c1ncnc2c1cnn2C. The van der Waals surface area contributed by atoms with Gasteiger partial charge in [-0.25, -0.2) is 9.97 Å². The molecule has 1 N–H and O–H groups in total. The van der Waals surface area contributed by atoms with Crippen molar-refractivity contribution >= 4 is 16.9 Å². The van der Waals surface area contributed by atoms with E-state index in [1.54, 1.807) is 6.33 Å². The van der Waals surface area contributed by atoms with Crippen LogP contribution in [0.5, 0.6) is 0 Å². The zero-order valence-electron chi connectivity index (χ0n) is 13.1. The highest BCUT2D eigenvalue weighted by Gasteiger charge is 2.21. The summed E-state index contributed by atoms with van der Waals surface area (Å²) in [4.78, 5) is 11.3. The molecule has 0 aliphatic carbocycles. The predicted octanol–water partition coefficient (Wildman–Crippen LogP) is 1.58. The van der Waals surface area contributed by atoms with Crippen molar-refractivity contribution in [3.8, 4) is 0 Å². The van der Waals surface area contributed by atoms with E-state index in [9.17, 15) is 0 Å². The molecule has 1 aliphatic rings. The maximum atomic E-state index is 4.55. The Hall–Kier alpha value is -1.69. The Morgan fingerprint density at radius 3 is 3.00 bits per heavy atom. The van der Waals surface area contributed by atoms with E-state index in [0.717, 1.165) is 36.5 Å². The number of aromatic nitrogens is 4. The molecule has 0 bridgehead atoms. The maximum Gasteiger partial charge on any atom is 0.163 e. The Morgan fingerprint density at radius 2 is 2.29 bits per heavy atom. The van der Waals surface area contributed by atoms with Crippen LogP contribution in [0.4, 0.5) is 5.82 Å². The highest BCUT2D eigenvalue weighted by Crippen LogP contribution is 2.24. The van der Waals surface area contributed by atoms with Crippen LogP contribution in [0.25, 0.3) is 11.0 Å². The van der Waals surface area contributed by atoms with Gasteiger partial charge in [-0.05, 0) is 25.3 Å². The number of hydrogen-bond acceptors (Lipinski definition) is 5. The topological polar surface area (TPSA) is 58.9 Å². The van der Waals surface area contributed by atoms with Gasteiger partial charge in [-0.2, -0.15) is 5.10 Å². The second-order valence-electron chi connectivity index (χ2n) is 6.29. The quantitative estimate of drug-likeness (QED) is 0.905. The lowest BCUT2D eigenvalue weighted by Gasteiger charge is -2.28. The van der Waals surface area contributed by atoms with Gasteiger partial charge in [0.25, 0.3) is 0 Å². The largest absolute Gasteiger partial charge is 0.354 e. The molecule has 2 aromatic rings. The van der Waals surface area contributed by atoms with Gasteiger partial charge in [-0.1, -0.05) is 13.8 Å². The molecule has 3 rings (SSSR count). The second kappa shape index (κ2) is 5.97. The van der Waals surface area contributed by atoms with Gasteiger partial charge in [-0.3, -0.25) is 4.68 Å². The monoisotopic (exact) mass is 288 g/mol. The van der Waals surface area contributed by atoms with Crippen LogP contribution >= 0.6 is 0 Å². The van der Waals surface area contributed by atoms with Crippen LogP contribution in [-0.4, -0.2) is 45.4 Å². The van der Waals surface area contributed by atoms with Crippen molar-refractivity contribution in [1.29, 1.82) is 0 Å². The van der Waals surface area contributed by atoms with Crippen LogP contribution < -0.4 is 10.2 Å². The number of hydrogen-bond donors (Lipinski definition) is 1. The number of nitrogens with zero attached hydrogens (tertiary/aromatic N) is 5. The first kappa shape index (κ1) is 14.3. The zero-order chi connectivity index (χ0) is 14.8. The smallest absolute Gasteiger partial charge is 0.163 e. The molecule has 1 saturated heterocycles. The minimum absolute atomic E-state index is 0.561. The minimum Gasteiger partial charge on any atom is -0.354 e. The van der Waals surface area contributed by atoms with E-state index >= 15 is 0 Å². The van der Waals surface area contributed by atoms with E-state index in [0.29, 0.717) is 12.0 Å². The molecule has 114 valence electrons. The first-order valence-electron chi connectivity index (χ1n) is 7.76. The summed E-state index contributed by atoms with van der Waals surface area (Å²) in [5.74, 6) is 1.60. The summed E-state index contributed by atoms with van der Waals surface area (Å²) < 4.78 is 1.81. The molecule has 3 heterocycles. The number of nitrogens with one attached hydrogen (secondary N) is 1. The van der Waals surface area contributed by atoms with Crippen molar-refractivity contribution in [3.63, 3.8) is 0 Å². The highest BCUT2D eigenvalue weighted by molar-refractivity contribution is 5.86. The maximum absolute atomic E-state index is 4.55. The number of aryl methyl sites for hydroxylation is 1. The minimum atomic E-state index is 0.561. The molecule has 6 heteroatoms. The van der Waals surface area contributed by atoms with Crippen molar-refractivity contribution in [2.75, 3.05) is 24.5 Å². The van der Waals surface area contributed by atoms with Gasteiger partial charge in [0.1, 0.15) is 12.1 Å². The van der Waals surface area contributed by atoms with E-state index in [1.807, 2.05) is 17.9 Å². The molecule has 1 atom stereocenters. The summed E-state index contributed by atoms with van der Waals surface area (Å²) in [6, 6.07) is 0.561. The van der Waals surface area contributed by atoms with Crippen LogP contribution in [0.1, 0.15) is 26.7 Å². The van der Waals surface area contributed by atoms with Crippen LogP contribution in [0.15, 0.2) is 12.5 Å². The molecule has 1 fully saturated rings. The number of fused-ring (bicyclic) bond motifs is 1. The van der Waals surface area contributed by atoms with Gasteiger partial charge >= 0.3 is 0 Å². The number of rotatable bonds is 5. The van der Waals surface area contributed by atoms with E-state index < -0.39 is 0 Å². The lowest BCUT2D eigenvalue weighted by Crippen LogP contribution is -2.40. The van der Waals surface area contributed by atoms with Gasteiger partial charge < -0.3 is 10.2 Å². The fraction of sp³-hybridized carbons (Fsp3) is 0.667. The summed E-state index contributed by atoms with van der Waals surface area (Å²) in [6.07, 6.45) is 6.04. The molecule has 0 aromatic carbocycles.